The van der Waals surface area contributed by atoms with Crippen LogP contribution < -0.4 is 0 Å². The molecule has 92 valence electrons. The Hall–Kier alpha value is -1.32. The smallest absolute Gasteiger partial charge is 0.305 e. The molecule has 0 radical (unpaired) electrons. The van der Waals surface area contributed by atoms with E-state index in [0.29, 0.717) is 26.1 Å². The van der Waals surface area contributed by atoms with E-state index < -0.39 is 0 Å². The van der Waals surface area contributed by atoms with Gasteiger partial charge in [-0.2, -0.15) is 0 Å². The predicted octanol–water partition coefficient (Wildman–Crippen LogP) is 2.23. The Labute approximate surface area is 96.6 Å². The first-order valence-corrected chi connectivity index (χ1v) is 5.52. The Morgan fingerprint density at radius 3 is 2.12 bits per heavy atom. The van der Waals surface area contributed by atoms with Crippen LogP contribution in [0, 0.1) is 0 Å². The number of ether oxygens (including phenoxy) is 2. The topological polar surface area (TPSA) is 52.6 Å². The second kappa shape index (κ2) is 8.95. The predicted molar refractivity (Wildman–Crippen MR) is 60.9 cm³/mol. The highest BCUT2D eigenvalue weighted by atomic mass is 16.5. The molecular formula is C12H20O4. The van der Waals surface area contributed by atoms with Crippen molar-refractivity contribution < 1.29 is 19.1 Å². The molecule has 0 spiro atoms. The fourth-order valence-corrected chi connectivity index (χ4v) is 1.02. The minimum atomic E-state index is -0.273. The van der Waals surface area contributed by atoms with E-state index in [9.17, 15) is 9.59 Å². The third kappa shape index (κ3) is 9.24. The summed E-state index contributed by atoms with van der Waals surface area (Å²) in [6.07, 6.45) is 1.69. The second-order valence-electron chi connectivity index (χ2n) is 3.59. The minimum absolute atomic E-state index is 0.259. The molecular weight excluding hydrogens is 208 g/mol. The van der Waals surface area contributed by atoms with E-state index in [1.54, 1.807) is 6.92 Å². The molecule has 0 heterocycles. The molecule has 4 nitrogen and oxygen atoms in total. The Bertz CT molecular complexity index is 245. The molecule has 16 heavy (non-hydrogen) atoms. The molecule has 0 saturated carbocycles. The maximum Gasteiger partial charge on any atom is 0.305 e. The van der Waals surface area contributed by atoms with Crippen molar-refractivity contribution in [3.63, 3.8) is 0 Å². The lowest BCUT2D eigenvalue weighted by Crippen LogP contribution is -2.08. The molecule has 4 heteroatoms. The normalized spacial score (nSPS) is 9.62. The SMILES string of the molecule is C=C(C)CCOC(=O)CCCC(=O)OCC. The van der Waals surface area contributed by atoms with Gasteiger partial charge in [0, 0.05) is 19.3 Å². The lowest BCUT2D eigenvalue weighted by molar-refractivity contribution is -0.145. The summed E-state index contributed by atoms with van der Waals surface area (Å²) in [6, 6.07) is 0. The zero-order chi connectivity index (χ0) is 12.4. The molecule has 0 aromatic heterocycles. The van der Waals surface area contributed by atoms with E-state index in [-0.39, 0.29) is 24.8 Å². The van der Waals surface area contributed by atoms with Crippen molar-refractivity contribution in [1.82, 2.24) is 0 Å². The van der Waals surface area contributed by atoms with E-state index in [2.05, 4.69) is 6.58 Å². The molecule has 0 amide bonds. The summed E-state index contributed by atoms with van der Waals surface area (Å²) in [4.78, 5) is 22.1. The molecule has 0 aliphatic carbocycles. The van der Waals surface area contributed by atoms with Gasteiger partial charge in [0.2, 0.25) is 0 Å². The van der Waals surface area contributed by atoms with Crippen LogP contribution in [0.25, 0.3) is 0 Å². The van der Waals surface area contributed by atoms with Gasteiger partial charge < -0.3 is 9.47 Å². The fraction of sp³-hybridized carbons (Fsp3) is 0.667. The molecule has 0 atom stereocenters. The van der Waals surface area contributed by atoms with Crippen LogP contribution in [0.15, 0.2) is 12.2 Å². The fourth-order valence-electron chi connectivity index (χ4n) is 1.02. The van der Waals surface area contributed by atoms with Crippen LogP contribution in [0.3, 0.4) is 0 Å². The third-order valence-corrected chi connectivity index (χ3v) is 1.86. The number of hydrogen-bond acceptors (Lipinski definition) is 4. The Kier molecular flexibility index (Phi) is 8.21. The lowest BCUT2D eigenvalue weighted by atomic mass is 10.2. The summed E-state index contributed by atoms with van der Waals surface area (Å²) < 4.78 is 9.68. The van der Waals surface area contributed by atoms with Crippen LogP contribution in [-0.4, -0.2) is 25.2 Å². The average Bonchev–Trinajstić information content (AvgIpc) is 2.17. The molecule has 0 aliphatic rings. The van der Waals surface area contributed by atoms with Crippen molar-refractivity contribution >= 4 is 11.9 Å². The zero-order valence-electron chi connectivity index (χ0n) is 10.1. The first-order valence-electron chi connectivity index (χ1n) is 5.52. The van der Waals surface area contributed by atoms with Crippen LogP contribution in [0.2, 0.25) is 0 Å². The molecule has 0 N–H and O–H groups in total. The lowest BCUT2D eigenvalue weighted by Gasteiger charge is -2.04. The van der Waals surface area contributed by atoms with Gasteiger partial charge in [0.25, 0.3) is 0 Å². The van der Waals surface area contributed by atoms with Gasteiger partial charge in [-0.25, -0.2) is 0 Å². The van der Waals surface area contributed by atoms with Crippen molar-refractivity contribution in [3.05, 3.63) is 12.2 Å². The highest BCUT2D eigenvalue weighted by Gasteiger charge is 2.06. The van der Waals surface area contributed by atoms with Crippen molar-refractivity contribution in [2.75, 3.05) is 13.2 Å². The van der Waals surface area contributed by atoms with Crippen LogP contribution in [-0.2, 0) is 19.1 Å². The largest absolute Gasteiger partial charge is 0.466 e. The quantitative estimate of drug-likeness (QED) is 0.472. The number of rotatable bonds is 8. The van der Waals surface area contributed by atoms with Crippen molar-refractivity contribution in [2.45, 2.75) is 39.5 Å². The summed E-state index contributed by atoms with van der Waals surface area (Å²) in [6.45, 7) is 8.09. The summed E-state index contributed by atoms with van der Waals surface area (Å²) >= 11 is 0. The summed E-state index contributed by atoms with van der Waals surface area (Å²) in [5, 5.41) is 0. The molecule has 0 bridgehead atoms. The van der Waals surface area contributed by atoms with Crippen molar-refractivity contribution in [2.24, 2.45) is 0 Å². The maximum absolute atomic E-state index is 11.2. The molecule has 0 fully saturated rings. The van der Waals surface area contributed by atoms with Gasteiger partial charge in [-0.05, 0) is 20.3 Å². The summed E-state index contributed by atoms with van der Waals surface area (Å²) in [7, 11) is 0. The van der Waals surface area contributed by atoms with E-state index in [1.165, 1.54) is 0 Å². The van der Waals surface area contributed by atoms with E-state index in [4.69, 9.17) is 9.47 Å². The van der Waals surface area contributed by atoms with Crippen molar-refractivity contribution in [1.29, 1.82) is 0 Å². The highest BCUT2D eigenvalue weighted by Crippen LogP contribution is 2.01. The number of carbonyl (C=O) groups is 2. The molecule has 0 unspecified atom stereocenters. The standard InChI is InChI=1S/C12H20O4/c1-4-15-11(13)6-5-7-12(14)16-9-8-10(2)3/h2,4-9H2,1,3H3. The highest BCUT2D eigenvalue weighted by molar-refractivity contribution is 5.72. The second-order valence-corrected chi connectivity index (χ2v) is 3.59. The number of carbonyl (C=O) groups excluding carboxylic acids is 2. The molecule has 0 aromatic carbocycles. The molecule has 0 aromatic rings. The third-order valence-electron chi connectivity index (χ3n) is 1.86. The first kappa shape index (κ1) is 14.7. The summed E-state index contributed by atoms with van der Waals surface area (Å²) in [5.41, 5.74) is 0.985. The van der Waals surface area contributed by atoms with E-state index >= 15 is 0 Å². The van der Waals surface area contributed by atoms with Gasteiger partial charge in [0.05, 0.1) is 13.2 Å². The number of hydrogen-bond donors (Lipinski definition) is 0. The minimum Gasteiger partial charge on any atom is -0.466 e. The zero-order valence-corrected chi connectivity index (χ0v) is 10.1. The van der Waals surface area contributed by atoms with Crippen LogP contribution in [0.1, 0.15) is 39.5 Å². The van der Waals surface area contributed by atoms with Gasteiger partial charge in [0.15, 0.2) is 0 Å². The van der Waals surface area contributed by atoms with Crippen molar-refractivity contribution in [3.8, 4) is 0 Å². The van der Waals surface area contributed by atoms with Gasteiger partial charge in [-0.15, -0.1) is 6.58 Å². The molecule has 0 aliphatic heterocycles. The molecule has 0 saturated heterocycles. The van der Waals surface area contributed by atoms with E-state index in [0.717, 1.165) is 5.57 Å². The van der Waals surface area contributed by atoms with Gasteiger partial charge in [-0.3, -0.25) is 9.59 Å². The number of esters is 2. The Morgan fingerprint density at radius 2 is 1.62 bits per heavy atom. The average molecular weight is 228 g/mol. The maximum atomic E-state index is 11.2. The summed E-state index contributed by atoms with van der Waals surface area (Å²) in [5.74, 6) is -0.539. The molecule has 0 rings (SSSR count). The monoisotopic (exact) mass is 228 g/mol. The van der Waals surface area contributed by atoms with Gasteiger partial charge >= 0.3 is 11.9 Å². The van der Waals surface area contributed by atoms with E-state index in [1.807, 2.05) is 6.92 Å². The van der Waals surface area contributed by atoms with Gasteiger partial charge in [0.1, 0.15) is 0 Å². The Morgan fingerprint density at radius 1 is 1.06 bits per heavy atom. The van der Waals surface area contributed by atoms with Crippen LogP contribution in [0.5, 0.6) is 0 Å². The van der Waals surface area contributed by atoms with Gasteiger partial charge in [-0.1, -0.05) is 5.57 Å². The first-order chi connectivity index (χ1) is 7.56. The Balaban J connectivity index is 3.43. The van der Waals surface area contributed by atoms with Crippen LogP contribution in [0.4, 0.5) is 0 Å². The van der Waals surface area contributed by atoms with Crippen LogP contribution >= 0.6 is 0 Å².